The van der Waals surface area contributed by atoms with Gasteiger partial charge in [-0.1, -0.05) is 31.2 Å². The van der Waals surface area contributed by atoms with E-state index in [1.807, 2.05) is 0 Å². The molecule has 10 heavy (non-hydrogen) atoms. The molecule has 0 amide bonds. The lowest BCUT2D eigenvalue weighted by molar-refractivity contribution is 0.590. The van der Waals surface area contributed by atoms with Crippen LogP contribution >= 0.6 is 0 Å². The fraction of sp³-hybridized carbons (Fsp3) is 0.556. The van der Waals surface area contributed by atoms with Crippen molar-refractivity contribution in [2.45, 2.75) is 25.8 Å². The Labute approximate surface area is 62.6 Å². The zero-order valence-corrected chi connectivity index (χ0v) is 6.46. The Morgan fingerprint density at radius 1 is 1.30 bits per heavy atom. The normalized spacial score (nSPS) is 33.4. The topological polar surface area (TPSA) is 26.0 Å². The van der Waals surface area contributed by atoms with Gasteiger partial charge in [0.15, 0.2) is 0 Å². The van der Waals surface area contributed by atoms with Crippen LogP contribution in [0.25, 0.3) is 0 Å². The van der Waals surface area contributed by atoms with Crippen LogP contribution in [0.15, 0.2) is 24.3 Å². The van der Waals surface area contributed by atoms with Gasteiger partial charge in [0, 0.05) is 6.04 Å². The average molecular weight is 137 g/mol. The third-order valence-electron chi connectivity index (χ3n) is 1.76. The Balaban J connectivity index is 2.51. The molecular formula is C9H15N. The summed E-state index contributed by atoms with van der Waals surface area (Å²) in [5.41, 5.74) is 5.77. The van der Waals surface area contributed by atoms with Crippen molar-refractivity contribution in [2.24, 2.45) is 11.7 Å². The van der Waals surface area contributed by atoms with Crippen molar-refractivity contribution in [1.82, 2.24) is 0 Å². The van der Waals surface area contributed by atoms with Gasteiger partial charge in [0.05, 0.1) is 0 Å². The van der Waals surface area contributed by atoms with E-state index in [9.17, 15) is 0 Å². The summed E-state index contributed by atoms with van der Waals surface area (Å²) in [6.45, 7) is 2.20. The molecule has 1 nitrogen and oxygen atoms in total. The average Bonchev–Trinajstić information content (AvgIpc) is 1.83. The highest BCUT2D eigenvalue weighted by Crippen LogP contribution is 2.10. The molecule has 0 saturated heterocycles. The molecule has 2 unspecified atom stereocenters. The molecule has 1 aliphatic rings. The van der Waals surface area contributed by atoms with Crippen LogP contribution in [-0.4, -0.2) is 6.04 Å². The summed E-state index contributed by atoms with van der Waals surface area (Å²) in [4.78, 5) is 0. The quantitative estimate of drug-likeness (QED) is 0.507. The lowest BCUT2D eigenvalue weighted by Crippen LogP contribution is -2.19. The van der Waals surface area contributed by atoms with E-state index in [1.165, 1.54) is 0 Å². The van der Waals surface area contributed by atoms with Crippen LogP contribution in [0.1, 0.15) is 19.8 Å². The van der Waals surface area contributed by atoms with Crippen LogP contribution in [0.3, 0.4) is 0 Å². The van der Waals surface area contributed by atoms with E-state index in [4.69, 9.17) is 5.73 Å². The summed E-state index contributed by atoms with van der Waals surface area (Å²) in [7, 11) is 0. The molecule has 0 aromatic carbocycles. The van der Waals surface area contributed by atoms with Gasteiger partial charge >= 0.3 is 0 Å². The molecule has 0 bridgehead atoms. The highest BCUT2D eigenvalue weighted by atomic mass is 14.6. The molecule has 56 valence electrons. The van der Waals surface area contributed by atoms with E-state index in [0.717, 1.165) is 12.8 Å². The first-order valence-corrected chi connectivity index (χ1v) is 3.88. The van der Waals surface area contributed by atoms with Crippen LogP contribution in [0.2, 0.25) is 0 Å². The van der Waals surface area contributed by atoms with Crippen molar-refractivity contribution in [3.8, 4) is 0 Å². The van der Waals surface area contributed by atoms with Crippen molar-refractivity contribution in [2.75, 3.05) is 0 Å². The monoisotopic (exact) mass is 137 g/mol. The summed E-state index contributed by atoms with van der Waals surface area (Å²) in [6.07, 6.45) is 10.8. The van der Waals surface area contributed by atoms with E-state index in [2.05, 4.69) is 31.2 Å². The maximum Gasteiger partial charge on any atom is 0.0229 e. The van der Waals surface area contributed by atoms with Crippen LogP contribution in [0, 0.1) is 5.92 Å². The molecule has 0 aromatic rings. The number of nitrogens with two attached hydrogens (primary N) is 1. The van der Waals surface area contributed by atoms with E-state index < -0.39 is 0 Å². The van der Waals surface area contributed by atoms with Gasteiger partial charge < -0.3 is 5.73 Å². The number of hydrogen-bond donors (Lipinski definition) is 1. The molecule has 0 saturated carbocycles. The Morgan fingerprint density at radius 2 is 2.00 bits per heavy atom. The smallest absolute Gasteiger partial charge is 0.0229 e. The van der Waals surface area contributed by atoms with E-state index in [0.29, 0.717) is 5.92 Å². The highest BCUT2D eigenvalue weighted by Gasteiger charge is 2.03. The summed E-state index contributed by atoms with van der Waals surface area (Å²) >= 11 is 0. The first kappa shape index (κ1) is 7.55. The highest BCUT2D eigenvalue weighted by molar-refractivity contribution is 5.02. The third-order valence-corrected chi connectivity index (χ3v) is 1.76. The Hall–Kier alpha value is -0.560. The molecule has 1 rings (SSSR count). The second kappa shape index (κ2) is 3.57. The van der Waals surface area contributed by atoms with Gasteiger partial charge in [-0.05, 0) is 18.8 Å². The number of hydrogen-bond acceptors (Lipinski definition) is 1. The maximum atomic E-state index is 5.77. The summed E-state index contributed by atoms with van der Waals surface area (Å²) in [6, 6.07) is 0.264. The third kappa shape index (κ3) is 2.36. The molecule has 0 aliphatic heterocycles. The Morgan fingerprint density at radius 3 is 2.80 bits per heavy atom. The van der Waals surface area contributed by atoms with Crippen LogP contribution < -0.4 is 5.73 Å². The molecule has 1 aliphatic carbocycles. The van der Waals surface area contributed by atoms with E-state index in [1.54, 1.807) is 0 Å². The predicted octanol–water partition coefficient (Wildman–Crippen LogP) is 1.86. The zero-order chi connectivity index (χ0) is 7.40. The number of allylic oxidation sites excluding steroid dienone is 3. The minimum absolute atomic E-state index is 0.264. The van der Waals surface area contributed by atoms with Gasteiger partial charge in [0.25, 0.3) is 0 Å². The second-order valence-electron chi connectivity index (χ2n) is 2.97. The second-order valence-corrected chi connectivity index (χ2v) is 2.97. The summed E-state index contributed by atoms with van der Waals surface area (Å²) in [5.74, 6) is 0.639. The fourth-order valence-corrected chi connectivity index (χ4v) is 1.23. The number of rotatable bonds is 0. The van der Waals surface area contributed by atoms with Gasteiger partial charge in [-0.25, -0.2) is 0 Å². The molecular weight excluding hydrogens is 122 g/mol. The predicted molar refractivity (Wildman–Crippen MR) is 44.7 cm³/mol. The lowest BCUT2D eigenvalue weighted by atomic mass is 9.99. The zero-order valence-electron chi connectivity index (χ0n) is 6.46. The molecule has 0 heterocycles. The summed E-state index contributed by atoms with van der Waals surface area (Å²) in [5, 5.41) is 0. The van der Waals surface area contributed by atoms with Gasteiger partial charge in [-0.2, -0.15) is 0 Å². The SMILES string of the molecule is CC1C=CCC=CC(N)C1. The fourth-order valence-electron chi connectivity index (χ4n) is 1.23. The van der Waals surface area contributed by atoms with Crippen molar-refractivity contribution in [3.63, 3.8) is 0 Å². The Kier molecular flexibility index (Phi) is 2.69. The van der Waals surface area contributed by atoms with Crippen molar-refractivity contribution in [3.05, 3.63) is 24.3 Å². The maximum absolute atomic E-state index is 5.77. The standard InChI is InChI=1S/C9H15N/c1-8-5-3-2-4-6-9(10)7-8/h3-6,8-9H,2,7,10H2,1H3. The summed E-state index contributed by atoms with van der Waals surface area (Å²) < 4.78 is 0. The first-order chi connectivity index (χ1) is 4.79. The molecule has 0 fully saturated rings. The first-order valence-electron chi connectivity index (χ1n) is 3.88. The van der Waals surface area contributed by atoms with Crippen molar-refractivity contribution >= 4 is 0 Å². The largest absolute Gasteiger partial charge is 0.324 e. The van der Waals surface area contributed by atoms with Crippen LogP contribution in [0.4, 0.5) is 0 Å². The molecule has 0 spiro atoms. The van der Waals surface area contributed by atoms with Crippen molar-refractivity contribution in [1.29, 1.82) is 0 Å². The molecule has 2 atom stereocenters. The minimum atomic E-state index is 0.264. The van der Waals surface area contributed by atoms with Crippen molar-refractivity contribution < 1.29 is 0 Å². The molecule has 2 N–H and O–H groups in total. The van der Waals surface area contributed by atoms with Crippen LogP contribution in [0.5, 0.6) is 0 Å². The van der Waals surface area contributed by atoms with Crippen LogP contribution in [-0.2, 0) is 0 Å². The minimum Gasteiger partial charge on any atom is -0.324 e. The molecule has 1 heteroatoms. The molecule has 0 radical (unpaired) electrons. The van der Waals surface area contributed by atoms with E-state index >= 15 is 0 Å². The lowest BCUT2D eigenvalue weighted by Gasteiger charge is -2.11. The van der Waals surface area contributed by atoms with Gasteiger partial charge in [-0.3, -0.25) is 0 Å². The van der Waals surface area contributed by atoms with Gasteiger partial charge in [-0.15, -0.1) is 0 Å². The Bertz CT molecular complexity index is 131. The van der Waals surface area contributed by atoms with Gasteiger partial charge in [0.2, 0.25) is 0 Å². The molecule has 0 aromatic heterocycles. The van der Waals surface area contributed by atoms with E-state index in [-0.39, 0.29) is 6.04 Å². The van der Waals surface area contributed by atoms with Gasteiger partial charge in [0.1, 0.15) is 0 Å².